The third kappa shape index (κ3) is 3.24. The molecule has 0 bridgehead atoms. The molecule has 0 saturated heterocycles. The van der Waals surface area contributed by atoms with Crippen LogP contribution in [0.2, 0.25) is 0 Å². The van der Waals surface area contributed by atoms with Crippen LogP contribution in [0.3, 0.4) is 0 Å². The van der Waals surface area contributed by atoms with Gasteiger partial charge in [0.1, 0.15) is 5.75 Å². The largest absolute Gasteiger partial charge is 0.495 e. The number of nitrogen functional groups attached to an aromatic ring is 1. The van der Waals surface area contributed by atoms with Crippen molar-refractivity contribution < 1.29 is 9.53 Å². The predicted molar refractivity (Wildman–Crippen MR) is 98.6 cm³/mol. The first-order valence-electron chi connectivity index (χ1n) is 8.10. The Hall–Kier alpha value is -3.15. The Morgan fingerprint density at radius 3 is 2.84 bits per heavy atom. The molecule has 128 valence electrons. The highest BCUT2D eigenvalue weighted by molar-refractivity contribution is 6.09. The first-order valence-corrected chi connectivity index (χ1v) is 8.10. The third-order valence-electron chi connectivity index (χ3n) is 3.98. The monoisotopic (exact) mass is 336 g/mol. The fourth-order valence-electron chi connectivity index (χ4n) is 2.70. The molecule has 25 heavy (non-hydrogen) atoms. The second-order valence-electron chi connectivity index (χ2n) is 5.66. The van der Waals surface area contributed by atoms with Gasteiger partial charge in [-0.2, -0.15) is 0 Å². The first-order chi connectivity index (χ1) is 12.2. The molecule has 0 aliphatic rings. The SMILES string of the molecule is CCCNC(=O)c1ncc2c(-c3cncc(OC)c3)cccc2c1N. The molecule has 6 nitrogen and oxygen atoms in total. The number of anilines is 1. The van der Waals surface area contributed by atoms with E-state index in [1.54, 1.807) is 25.7 Å². The number of nitrogens with two attached hydrogens (primary N) is 1. The number of fused-ring (bicyclic) bond motifs is 1. The highest BCUT2D eigenvalue weighted by Gasteiger charge is 2.15. The minimum absolute atomic E-state index is 0.252. The smallest absolute Gasteiger partial charge is 0.272 e. The highest BCUT2D eigenvalue weighted by Crippen LogP contribution is 2.33. The van der Waals surface area contributed by atoms with E-state index in [1.165, 1.54) is 0 Å². The van der Waals surface area contributed by atoms with E-state index < -0.39 is 0 Å². The van der Waals surface area contributed by atoms with E-state index in [0.717, 1.165) is 28.3 Å². The molecule has 0 unspecified atom stereocenters. The van der Waals surface area contributed by atoms with Crippen LogP contribution in [0.1, 0.15) is 23.8 Å². The quantitative estimate of drug-likeness (QED) is 0.747. The van der Waals surface area contributed by atoms with Crippen LogP contribution in [-0.2, 0) is 0 Å². The van der Waals surface area contributed by atoms with Gasteiger partial charge < -0.3 is 15.8 Å². The average Bonchev–Trinajstić information content (AvgIpc) is 2.66. The van der Waals surface area contributed by atoms with Crippen LogP contribution in [0.4, 0.5) is 5.69 Å². The van der Waals surface area contributed by atoms with Gasteiger partial charge in [-0.3, -0.25) is 9.78 Å². The van der Waals surface area contributed by atoms with Gasteiger partial charge in [0.2, 0.25) is 0 Å². The van der Waals surface area contributed by atoms with Crippen LogP contribution in [0.15, 0.2) is 42.9 Å². The van der Waals surface area contributed by atoms with Crippen molar-refractivity contribution in [2.45, 2.75) is 13.3 Å². The van der Waals surface area contributed by atoms with E-state index in [2.05, 4.69) is 15.3 Å². The molecular formula is C19H20N4O2. The maximum atomic E-state index is 12.2. The Kier molecular flexibility index (Phi) is 4.79. The normalized spacial score (nSPS) is 10.6. The second kappa shape index (κ2) is 7.17. The Bertz CT molecular complexity index is 924. The molecule has 0 radical (unpaired) electrons. The van der Waals surface area contributed by atoms with Crippen molar-refractivity contribution in [2.24, 2.45) is 0 Å². The van der Waals surface area contributed by atoms with E-state index >= 15 is 0 Å². The number of benzene rings is 1. The predicted octanol–water partition coefficient (Wildman–Crippen LogP) is 3.03. The van der Waals surface area contributed by atoms with Gasteiger partial charge in [-0.25, -0.2) is 4.98 Å². The first kappa shape index (κ1) is 16.7. The van der Waals surface area contributed by atoms with Crippen LogP contribution < -0.4 is 15.8 Å². The number of ether oxygens (including phenoxy) is 1. The molecule has 3 N–H and O–H groups in total. The molecule has 0 saturated carbocycles. The molecule has 1 aromatic carbocycles. The van der Waals surface area contributed by atoms with Crippen molar-refractivity contribution in [1.29, 1.82) is 0 Å². The van der Waals surface area contributed by atoms with E-state index in [4.69, 9.17) is 10.5 Å². The van der Waals surface area contributed by atoms with Gasteiger partial charge in [-0.1, -0.05) is 25.1 Å². The van der Waals surface area contributed by atoms with Crippen molar-refractivity contribution >= 4 is 22.4 Å². The number of carbonyl (C=O) groups excluding carboxylic acids is 1. The highest BCUT2D eigenvalue weighted by atomic mass is 16.5. The van der Waals surface area contributed by atoms with Crippen molar-refractivity contribution in [3.8, 4) is 16.9 Å². The summed E-state index contributed by atoms with van der Waals surface area (Å²) in [5.41, 5.74) is 8.69. The summed E-state index contributed by atoms with van der Waals surface area (Å²) in [6.07, 6.45) is 5.94. The van der Waals surface area contributed by atoms with Crippen LogP contribution in [0, 0.1) is 0 Å². The van der Waals surface area contributed by atoms with E-state index in [9.17, 15) is 4.79 Å². The summed E-state index contributed by atoms with van der Waals surface area (Å²) in [5, 5.41) is 4.46. The summed E-state index contributed by atoms with van der Waals surface area (Å²) in [5.74, 6) is 0.417. The third-order valence-corrected chi connectivity index (χ3v) is 3.98. The molecule has 0 atom stereocenters. The lowest BCUT2D eigenvalue weighted by atomic mass is 9.99. The number of aromatic nitrogens is 2. The number of carbonyl (C=O) groups is 1. The number of methoxy groups -OCH3 is 1. The van der Waals surface area contributed by atoms with Gasteiger partial charge in [0.25, 0.3) is 5.91 Å². The molecule has 0 fully saturated rings. The van der Waals surface area contributed by atoms with Gasteiger partial charge in [-0.05, 0) is 18.1 Å². The number of pyridine rings is 2. The molecule has 0 aliphatic carbocycles. The lowest BCUT2D eigenvalue weighted by Crippen LogP contribution is -2.26. The number of hydrogen-bond donors (Lipinski definition) is 2. The molecule has 3 rings (SSSR count). The van der Waals surface area contributed by atoms with Crippen molar-refractivity contribution in [2.75, 3.05) is 19.4 Å². The Labute approximate surface area is 146 Å². The molecule has 1 amide bonds. The summed E-state index contributed by atoms with van der Waals surface area (Å²) in [6, 6.07) is 7.66. The molecule has 6 heteroatoms. The lowest BCUT2D eigenvalue weighted by molar-refractivity contribution is 0.0950. The zero-order valence-electron chi connectivity index (χ0n) is 14.2. The zero-order chi connectivity index (χ0) is 17.8. The summed E-state index contributed by atoms with van der Waals surface area (Å²) >= 11 is 0. The van der Waals surface area contributed by atoms with E-state index in [-0.39, 0.29) is 11.6 Å². The van der Waals surface area contributed by atoms with Crippen LogP contribution in [0.5, 0.6) is 5.75 Å². The summed E-state index contributed by atoms with van der Waals surface area (Å²) in [6.45, 7) is 2.58. The van der Waals surface area contributed by atoms with Gasteiger partial charge in [0.15, 0.2) is 5.69 Å². The van der Waals surface area contributed by atoms with Crippen LogP contribution >= 0.6 is 0 Å². The van der Waals surface area contributed by atoms with Crippen molar-refractivity contribution in [3.05, 3.63) is 48.5 Å². The minimum Gasteiger partial charge on any atom is -0.495 e. The molecule has 3 aromatic rings. The maximum absolute atomic E-state index is 12.2. The molecule has 2 aromatic heterocycles. The van der Waals surface area contributed by atoms with Crippen LogP contribution in [-0.4, -0.2) is 29.5 Å². The number of rotatable bonds is 5. The van der Waals surface area contributed by atoms with E-state index in [1.807, 2.05) is 31.2 Å². The molecule has 2 heterocycles. The number of hydrogen-bond acceptors (Lipinski definition) is 5. The Balaban J connectivity index is 2.11. The average molecular weight is 336 g/mol. The second-order valence-corrected chi connectivity index (χ2v) is 5.66. The van der Waals surface area contributed by atoms with Crippen LogP contribution in [0.25, 0.3) is 21.9 Å². The molecule has 0 spiro atoms. The van der Waals surface area contributed by atoms with Gasteiger partial charge in [0.05, 0.1) is 19.0 Å². The molecular weight excluding hydrogens is 316 g/mol. The number of nitrogens with one attached hydrogen (secondary N) is 1. The van der Waals surface area contributed by atoms with Crippen molar-refractivity contribution in [1.82, 2.24) is 15.3 Å². The standard InChI is InChI=1S/C19H20N4O2/c1-3-7-22-19(24)18-17(20)15-6-4-5-14(16(15)11-23-18)12-8-13(25-2)10-21-9-12/h4-6,8-11H,3,7,20H2,1-2H3,(H,22,24). The van der Waals surface area contributed by atoms with Crippen molar-refractivity contribution in [3.63, 3.8) is 0 Å². The van der Waals surface area contributed by atoms with Gasteiger partial charge in [-0.15, -0.1) is 0 Å². The fraction of sp³-hybridized carbons (Fsp3) is 0.211. The Morgan fingerprint density at radius 2 is 2.08 bits per heavy atom. The maximum Gasteiger partial charge on any atom is 0.272 e. The lowest BCUT2D eigenvalue weighted by Gasteiger charge is -2.12. The Morgan fingerprint density at radius 1 is 1.24 bits per heavy atom. The number of amides is 1. The topological polar surface area (TPSA) is 90.1 Å². The van der Waals surface area contributed by atoms with E-state index in [0.29, 0.717) is 18.0 Å². The molecule has 0 aliphatic heterocycles. The fourth-order valence-corrected chi connectivity index (χ4v) is 2.70. The summed E-state index contributed by atoms with van der Waals surface area (Å²) in [7, 11) is 1.60. The van der Waals surface area contributed by atoms with Gasteiger partial charge >= 0.3 is 0 Å². The minimum atomic E-state index is -0.255. The van der Waals surface area contributed by atoms with Gasteiger partial charge in [0, 0.05) is 35.3 Å². The number of nitrogens with zero attached hydrogens (tertiary/aromatic N) is 2. The summed E-state index contributed by atoms with van der Waals surface area (Å²) in [4.78, 5) is 20.7. The summed E-state index contributed by atoms with van der Waals surface area (Å²) < 4.78 is 5.24. The zero-order valence-corrected chi connectivity index (χ0v) is 14.2.